The molecule has 0 spiro atoms. The zero-order chi connectivity index (χ0) is 37.0. The van der Waals surface area contributed by atoms with Crippen LogP contribution < -0.4 is 9.80 Å². The highest BCUT2D eigenvalue weighted by molar-refractivity contribution is 8.06. The molecule has 0 saturated carbocycles. The number of hydrogen-bond donors (Lipinski definition) is 0. The van der Waals surface area contributed by atoms with Crippen molar-refractivity contribution in [2.45, 2.75) is 40.3 Å². The molecular weight excluding hydrogens is 717 g/mol. The van der Waals surface area contributed by atoms with Gasteiger partial charge in [0, 0.05) is 43.1 Å². The lowest BCUT2D eigenvalue weighted by molar-refractivity contribution is 0.703. The highest BCUT2D eigenvalue weighted by Gasteiger charge is 2.58. The number of rotatable bonds is 7. The first-order chi connectivity index (χ1) is 27.8. The van der Waals surface area contributed by atoms with Crippen LogP contribution in [-0.2, 0) is 0 Å². The van der Waals surface area contributed by atoms with E-state index in [0.29, 0.717) is 22.6 Å². The molecule has 3 heterocycles. The maximum absolute atomic E-state index is 2.77. The Balaban J connectivity index is 0.926. The van der Waals surface area contributed by atoms with Gasteiger partial charge in [0.15, 0.2) is 0 Å². The van der Waals surface area contributed by atoms with Crippen LogP contribution in [0.3, 0.4) is 0 Å². The van der Waals surface area contributed by atoms with Gasteiger partial charge in [-0.1, -0.05) is 140 Å². The van der Waals surface area contributed by atoms with Crippen LogP contribution in [0.25, 0.3) is 33.4 Å². The molecular formula is C52H40N2S2. The van der Waals surface area contributed by atoms with Gasteiger partial charge in [-0.3, -0.25) is 0 Å². The van der Waals surface area contributed by atoms with E-state index in [1.54, 1.807) is 5.57 Å². The summed E-state index contributed by atoms with van der Waals surface area (Å²) in [4.78, 5) is 8.12. The molecule has 11 rings (SSSR count). The fourth-order valence-electron chi connectivity index (χ4n) is 9.23. The summed E-state index contributed by atoms with van der Waals surface area (Å²) in [5.74, 6) is 0. The molecule has 56 heavy (non-hydrogen) atoms. The van der Waals surface area contributed by atoms with Crippen molar-refractivity contribution >= 4 is 46.3 Å². The quantitative estimate of drug-likeness (QED) is 0.160. The first kappa shape index (κ1) is 33.6. The topological polar surface area (TPSA) is 6.48 Å². The summed E-state index contributed by atoms with van der Waals surface area (Å²) in [6.07, 6.45) is 7.34. The number of nitrogens with zero attached hydrogens (tertiary/aromatic N) is 2. The first-order valence-electron chi connectivity index (χ1n) is 19.7. The Morgan fingerprint density at radius 2 is 0.964 bits per heavy atom. The molecule has 4 aliphatic rings. The number of benzene rings is 7. The summed E-state index contributed by atoms with van der Waals surface area (Å²) in [5.41, 5.74) is 15.0. The molecule has 7 aromatic carbocycles. The lowest BCUT2D eigenvalue weighted by atomic mass is 9.97. The zero-order valence-corrected chi connectivity index (χ0v) is 32.5. The van der Waals surface area contributed by atoms with E-state index in [2.05, 4.69) is 227 Å². The van der Waals surface area contributed by atoms with Crippen molar-refractivity contribution in [2.24, 2.45) is 0 Å². The van der Waals surface area contributed by atoms with Crippen LogP contribution in [0, 0.1) is 0 Å². The highest BCUT2D eigenvalue weighted by Crippen LogP contribution is 2.64. The van der Waals surface area contributed by atoms with Crippen molar-refractivity contribution in [1.29, 1.82) is 0 Å². The summed E-state index contributed by atoms with van der Waals surface area (Å²) in [5, 5.41) is 1.11. The Morgan fingerprint density at radius 1 is 0.429 bits per heavy atom. The Bertz CT molecular complexity index is 2600. The third kappa shape index (κ3) is 5.82. The third-order valence-corrected chi connectivity index (χ3v) is 14.9. The van der Waals surface area contributed by atoms with Gasteiger partial charge in [-0.2, -0.15) is 0 Å². The maximum atomic E-state index is 2.77. The predicted octanol–water partition coefficient (Wildman–Crippen LogP) is 14.3. The van der Waals surface area contributed by atoms with Crippen molar-refractivity contribution in [1.82, 2.24) is 0 Å². The average molecular weight is 757 g/mol. The molecule has 0 amide bonds. The standard InChI is InChI=1S/C52H40N2S2/c1-3-12-35(13-4-1)37-22-28-41(29-23-37)53(44-17-11-16-40(34-44)36-14-5-2-6-15-36)42-30-24-38(25-31-42)39-26-32-43(33-27-39)54-49-45-18-7-9-20-47(45)55-51(49)52-50(54)46-19-8-10-21-48(46)56-52/h1-7,9,11-34,49-52H,8,10H2. The SMILES string of the molecule is C1=C2SC3C4Sc5ccccc5C4N(c4ccc(-c5ccc(N(c6ccc(-c7ccccc7)cc6)c6cccc(-c7ccccc7)c6)cc5)cc4)C3C2=CCC1. The molecule has 0 N–H and O–H groups in total. The maximum Gasteiger partial charge on any atom is 0.0694 e. The summed E-state index contributed by atoms with van der Waals surface area (Å²) >= 11 is 4.24. The molecule has 2 fully saturated rings. The molecule has 270 valence electrons. The number of hydrogen-bond acceptors (Lipinski definition) is 4. The fourth-order valence-corrected chi connectivity index (χ4v) is 12.6. The molecule has 0 radical (unpaired) electrons. The van der Waals surface area contributed by atoms with Gasteiger partial charge in [0.2, 0.25) is 0 Å². The van der Waals surface area contributed by atoms with Gasteiger partial charge in [-0.25, -0.2) is 0 Å². The zero-order valence-electron chi connectivity index (χ0n) is 30.9. The molecule has 4 atom stereocenters. The highest BCUT2D eigenvalue weighted by atomic mass is 32.2. The van der Waals surface area contributed by atoms with E-state index in [0.717, 1.165) is 23.5 Å². The van der Waals surface area contributed by atoms with Gasteiger partial charge in [-0.15, -0.1) is 23.5 Å². The predicted molar refractivity (Wildman–Crippen MR) is 239 cm³/mol. The summed E-state index contributed by atoms with van der Waals surface area (Å²) in [7, 11) is 0. The lowest BCUT2D eigenvalue weighted by Gasteiger charge is -2.33. The van der Waals surface area contributed by atoms with E-state index in [4.69, 9.17) is 0 Å². The Kier molecular flexibility index (Phi) is 8.48. The first-order valence-corrected chi connectivity index (χ1v) is 21.5. The number of anilines is 4. The minimum atomic E-state index is 0.390. The van der Waals surface area contributed by atoms with E-state index < -0.39 is 0 Å². The van der Waals surface area contributed by atoms with Crippen LogP contribution in [0.5, 0.6) is 0 Å². The second-order valence-electron chi connectivity index (χ2n) is 15.1. The van der Waals surface area contributed by atoms with E-state index in [1.807, 2.05) is 0 Å². The second-order valence-corrected chi connectivity index (χ2v) is 17.5. The average Bonchev–Trinajstić information content (AvgIpc) is 3.94. The van der Waals surface area contributed by atoms with Crippen LogP contribution in [0.1, 0.15) is 24.4 Å². The van der Waals surface area contributed by atoms with Gasteiger partial charge in [0.05, 0.1) is 12.1 Å². The van der Waals surface area contributed by atoms with Gasteiger partial charge in [0.1, 0.15) is 0 Å². The van der Waals surface area contributed by atoms with E-state index in [1.165, 1.54) is 60.9 Å². The lowest BCUT2D eigenvalue weighted by Crippen LogP contribution is -2.34. The Morgan fingerprint density at radius 3 is 1.64 bits per heavy atom. The molecule has 2 saturated heterocycles. The summed E-state index contributed by atoms with van der Waals surface area (Å²) in [6, 6.07) is 67.5. The van der Waals surface area contributed by atoms with Gasteiger partial charge < -0.3 is 9.80 Å². The molecule has 7 aromatic rings. The monoisotopic (exact) mass is 756 g/mol. The molecule has 4 unspecified atom stereocenters. The molecule has 2 nitrogen and oxygen atoms in total. The van der Waals surface area contributed by atoms with Crippen LogP contribution in [0.4, 0.5) is 22.7 Å². The minimum Gasteiger partial charge on any atom is -0.355 e. The Labute approximate surface area is 338 Å². The van der Waals surface area contributed by atoms with Gasteiger partial charge in [0.25, 0.3) is 0 Å². The largest absolute Gasteiger partial charge is 0.355 e. The summed E-state index contributed by atoms with van der Waals surface area (Å²) < 4.78 is 0. The summed E-state index contributed by atoms with van der Waals surface area (Å²) in [6.45, 7) is 0. The fraction of sp³-hybridized carbons (Fsp3) is 0.115. The Hall–Kier alpha value is -5.68. The number of fused-ring (bicyclic) bond motifs is 7. The number of thioether (sulfide) groups is 2. The molecule has 0 bridgehead atoms. The normalized spacial score (nSPS) is 20.4. The van der Waals surface area contributed by atoms with Gasteiger partial charge >= 0.3 is 0 Å². The van der Waals surface area contributed by atoms with Crippen molar-refractivity contribution < 1.29 is 0 Å². The molecule has 0 aromatic heterocycles. The van der Waals surface area contributed by atoms with Gasteiger partial charge in [-0.05, 0) is 112 Å². The minimum absolute atomic E-state index is 0.390. The van der Waals surface area contributed by atoms with Crippen molar-refractivity contribution in [3.63, 3.8) is 0 Å². The van der Waals surface area contributed by atoms with Crippen LogP contribution in [0.2, 0.25) is 0 Å². The van der Waals surface area contributed by atoms with Crippen LogP contribution in [0.15, 0.2) is 210 Å². The smallest absolute Gasteiger partial charge is 0.0694 e. The van der Waals surface area contributed by atoms with Crippen LogP contribution >= 0.6 is 23.5 Å². The van der Waals surface area contributed by atoms with Crippen molar-refractivity contribution in [3.05, 3.63) is 210 Å². The van der Waals surface area contributed by atoms with E-state index in [-0.39, 0.29) is 0 Å². The van der Waals surface area contributed by atoms with Crippen LogP contribution in [-0.4, -0.2) is 16.5 Å². The molecule has 3 aliphatic heterocycles. The third-order valence-electron chi connectivity index (χ3n) is 11.8. The van der Waals surface area contributed by atoms with E-state index >= 15 is 0 Å². The van der Waals surface area contributed by atoms with E-state index in [9.17, 15) is 0 Å². The van der Waals surface area contributed by atoms with Crippen molar-refractivity contribution in [2.75, 3.05) is 9.80 Å². The van der Waals surface area contributed by atoms with Crippen molar-refractivity contribution in [3.8, 4) is 33.4 Å². The molecule has 4 heteroatoms. The molecule has 1 aliphatic carbocycles. The number of allylic oxidation sites excluding steroid dienone is 2. The second kappa shape index (κ2) is 14.1.